The minimum Gasteiger partial charge on any atom is -0.504 e. The maximum absolute atomic E-state index is 10.0. The number of hydrogen-bond acceptors (Lipinski definition) is 3. The van der Waals surface area contributed by atoms with Gasteiger partial charge in [-0.2, -0.15) is 0 Å². The molecule has 0 bridgehead atoms. The van der Waals surface area contributed by atoms with Gasteiger partial charge >= 0.3 is 0 Å². The van der Waals surface area contributed by atoms with Crippen molar-refractivity contribution < 1.29 is 9.84 Å². The molecule has 0 radical (unpaired) electrons. The molecule has 0 fully saturated rings. The van der Waals surface area contributed by atoms with Crippen molar-refractivity contribution in [1.82, 2.24) is 4.90 Å². The maximum atomic E-state index is 10.0. The third-order valence-corrected chi connectivity index (χ3v) is 3.92. The summed E-state index contributed by atoms with van der Waals surface area (Å²) in [6, 6.07) is 12.2. The number of likely N-dealkylation sites (N-methyl/N-ethyl adjacent to an activating group) is 1. The Morgan fingerprint density at radius 2 is 1.90 bits per heavy atom. The second-order valence-corrected chi connectivity index (χ2v) is 5.33. The average molecular weight is 269 g/mol. The molecule has 0 atom stereocenters. The molecule has 1 aliphatic rings. The van der Waals surface area contributed by atoms with Gasteiger partial charge in [-0.05, 0) is 47.9 Å². The van der Waals surface area contributed by atoms with Crippen molar-refractivity contribution in [2.45, 2.75) is 13.0 Å². The number of fused-ring (bicyclic) bond motifs is 3. The molecule has 1 N–H and O–H groups in total. The van der Waals surface area contributed by atoms with Crippen molar-refractivity contribution in [3.05, 3.63) is 47.5 Å². The highest BCUT2D eigenvalue weighted by molar-refractivity contribution is 5.74. The Bertz CT molecular complexity index is 637. The minimum atomic E-state index is 0.206. The lowest BCUT2D eigenvalue weighted by Gasteiger charge is -2.24. The monoisotopic (exact) mass is 269 g/mol. The predicted molar refractivity (Wildman–Crippen MR) is 80.1 cm³/mol. The molecule has 104 valence electrons. The van der Waals surface area contributed by atoms with E-state index in [2.05, 4.69) is 36.2 Å². The Labute approximate surface area is 119 Å². The lowest BCUT2D eigenvalue weighted by molar-refractivity contribution is 0.328. The van der Waals surface area contributed by atoms with E-state index in [0.717, 1.165) is 30.6 Å². The quantitative estimate of drug-likeness (QED) is 0.863. The Hall–Kier alpha value is -2.00. The van der Waals surface area contributed by atoms with Crippen LogP contribution in [0, 0.1) is 0 Å². The highest BCUT2D eigenvalue weighted by atomic mass is 16.5. The first-order valence-corrected chi connectivity index (χ1v) is 6.85. The van der Waals surface area contributed by atoms with E-state index in [1.807, 2.05) is 12.1 Å². The van der Waals surface area contributed by atoms with Crippen LogP contribution in [0.1, 0.15) is 11.1 Å². The van der Waals surface area contributed by atoms with Crippen LogP contribution in [0.2, 0.25) is 0 Å². The Morgan fingerprint density at radius 1 is 1.10 bits per heavy atom. The summed E-state index contributed by atoms with van der Waals surface area (Å²) < 4.78 is 5.26. The van der Waals surface area contributed by atoms with Gasteiger partial charge in [-0.1, -0.05) is 24.3 Å². The molecule has 2 aromatic rings. The summed E-state index contributed by atoms with van der Waals surface area (Å²) in [5.41, 5.74) is 4.88. The average Bonchev–Trinajstić information content (AvgIpc) is 2.44. The number of ether oxygens (including phenoxy) is 1. The highest BCUT2D eigenvalue weighted by Gasteiger charge is 2.18. The minimum absolute atomic E-state index is 0.206. The van der Waals surface area contributed by atoms with E-state index in [1.165, 1.54) is 11.1 Å². The number of phenolic OH excluding ortho intramolecular Hbond substituents is 1. The van der Waals surface area contributed by atoms with Crippen molar-refractivity contribution in [1.29, 1.82) is 0 Å². The summed E-state index contributed by atoms with van der Waals surface area (Å²) in [6.45, 7) is 1.85. The van der Waals surface area contributed by atoms with Crippen molar-refractivity contribution in [2.24, 2.45) is 0 Å². The van der Waals surface area contributed by atoms with E-state index in [4.69, 9.17) is 4.74 Å². The van der Waals surface area contributed by atoms with E-state index in [1.54, 1.807) is 7.11 Å². The third kappa shape index (κ3) is 2.25. The van der Waals surface area contributed by atoms with Gasteiger partial charge in [-0.3, -0.25) is 0 Å². The van der Waals surface area contributed by atoms with Crippen molar-refractivity contribution >= 4 is 0 Å². The molecule has 0 aromatic heterocycles. The van der Waals surface area contributed by atoms with Gasteiger partial charge in [0, 0.05) is 13.1 Å². The summed E-state index contributed by atoms with van der Waals surface area (Å²) in [7, 11) is 3.70. The molecule has 0 unspecified atom stereocenters. The normalized spacial score (nSPS) is 14.9. The molecule has 0 amide bonds. The number of aromatic hydroxyl groups is 1. The standard InChI is InChI=1S/C17H19NO2/c1-18-8-7-12-5-3-4-6-14(12)15-10-17(20-2)16(19)9-13(15)11-18/h3-6,9-10,19H,7-8,11H2,1-2H3. The summed E-state index contributed by atoms with van der Waals surface area (Å²) >= 11 is 0. The molecular formula is C17H19NO2. The first kappa shape index (κ1) is 13.0. The molecule has 1 heterocycles. The van der Waals surface area contributed by atoms with Crippen LogP contribution in [-0.4, -0.2) is 30.7 Å². The number of rotatable bonds is 1. The zero-order chi connectivity index (χ0) is 14.1. The van der Waals surface area contributed by atoms with Crippen LogP contribution < -0.4 is 4.74 Å². The van der Waals surface area contributed by atoms with Crippen LogP contribution >= 0.6 is 0 Å². The van der Waals surface area contributed by atoms with Gasteiger partial charge in [0.1, 0.15) is 0 Å². The lowest BCUT2D eigenvalue weighted by atomic mass is 9.91. The molecule has 1 aliphatic heterocycles. The molecule has 0 saturated carbocycles. The summed E-state index contributed by atoms with van der Waals surface area (Å²) in [6.07, 6.45) is 1.04. The number of hydrogen-bond donors (Lipinski definition) is 1. The fourth-order valence-electron chi connectivity index (χ4n) is 2.84. The number of methoxy groups -OCH3 is 1. The first-order valence-electron chi connectivity index (χ1n) is 6.85. The van der Waals surface area contributed by atoms with Gasteiger partial charge < -0.3 is 14.7 Å². The third-order valence-electron chi connectivity index (χ3n) is 3.92. The van der Waals surface area contributed by atoms with E-state index in [-0.39, 0.29) is 5.75 Å². The molecule has 0 spiro atoms. The Balaban J connectivity index is 2.23. The highest BCUT2D eigenvalue weighted by Crippen LogP contribution is 2.37. The van der Waals surface area contributed by atoms with Gasteiger partial charge in [-0.25, -0.2) is 0 Å². The summed E-state index contributed by atoms with van der Waals surface area (Å²) in [5.74, 6) is 0.736. The molecule has 3 heteroatoms. The van der Waals surface area contributed by atoms with Gasteiger partial charge in [-0.15, -0.1) is 0 Å². The zero-order valence-electron chi connectivity index (χ0n) is 11.9. The van der Waals surface area contributed by atoms with E-state index < -0.39 is 0 Å². The summed E-state index contributed by atoms with van der Waals surface area (Å²) in [4.78, 5) is 2.28. The Morgan fingerprint density at radius 3 is 2.70 bits per heavy atom. The number of nitrogens with zero attached hydrogens (tertiary/aromatic N) is 1. The molecule has 0 aliphatic carbocycles. The van der Waals surface area contributed by atoms with Crippen LogP contribution in [-0.2, 0) is 13.0 Å². The van der Waals surface area contributed by atoms with Crippen molar-refractivity contribution in [3.63, 3.8) is 0 Å². The van der Waals surface area contributed by atoms with Gasteiger partial charge in [0.05, 0.1) is 7.11 Å². The van der Waals surface area contributed by atoms with Crippen molar-refractivity contribution in [3.8, 4) is 22.6 Å². The van der Waals surface area contributed by atoms with E-state index in [9.17, 15) is 5.11 Å². The SMILES string of the molecule is COc1cc2c(cc1O)CN(C)CCc1ccccc1-2. The molecule has 2 aromatic carbocycles. The molecule has 20 heavy (non-hydrogen) atoms. The molecule has 3 nitrogen and oxygen atoms in total. The van der Waals surface area contributed by atoms with Crippen LogP contribution in [0.3, 0.4) is 0 Å². The lowest BCUT2D eigenvalue weighted by Crippen LogP contribution is -2.23. The van der Waals surface area contributed by atoms with E-state index in [0.29, 0.717) is 5.75 Å². The molecule has 0 saturated heterocycles. The van der Waals surface area contributed by atoms with Crippen LogP contribution in [0.15, 0.2) is 36.4 Å². The summed E-state index contributed by atoms with van der Waals surface area (Å²) in [5, 5.41) is 10.0. The second kappa shape index (κ2) is 5.17. The van der Waals surface area contributed by atoms with Crippen molar-refractivity contribution in [2.75, 3.05) is 20.7 Å². The van der Waals surface area contributed by atoms with Gasteiger partial charge in [0.15, 0.2) is 11.5 Å². The molecule has 3 rings (SSSR count). The first-order chi connectivity index (χ1) is 9.69. The van der Waals surface area contributed by atoms with Gasteiger partial charge in [0.2, 0.25) is 0 Å². The van der Waals surface area contributed by atoms with Crippen LogP contribution in [0.25, 0.3) is 11.1 Å². The second-order valence-electron chi connectivity index (χ2n) is 5.33. The fourth-order valence-corrected chi connectivity index (χ4v) is 2.84. The van der Waals surface area contributed by atoms with Crippen LogP contribution in [0.5, 0.6) is 11.5 Å². The van der Waals surface area contributed by atoms with Crippen LogP contribution in [0.4, 0.5) is 0 Å². The largest absolute Gasteiger partial charge is 0.504 e. The van der Waals surface area contributed by atoms with E-state index >= 15 is 0 Å². The fraction of sp³-hybridized carbons (Fsp3) is 0.294. The number of phenols is 1. The zero-order valence-corrected chi connectivity index (χ0v) is 11.9. The Kier molecular flexibility index (Phi) is 3.36. The van der Waals surface area contributed by atoms with Gasteiger partial charge in [0.25, 0.3) is 0 Å². The smallest absolute Gasteiger partial charge is 0.161 e. The topological polar surface area (TPSA) is 32.7 Å². The predicted octanol–water partition coefficient (Wildman–Crippen LogP) is 3.06. The number of benzene rings is 2. The maximum Gasteiger partial charge on any atom is 0.161 e. The molecular weight excluding hydrogens is 250 g/mol.